The van der Waals surface area contributed by atoms with Gasteiger partial charge in [-0.25, -0.2) is 4.98 Å². The number of hydrogen-bond acceptors (Lipinski definition) is 6. The van der Waals surface area contributed by atoms with Crippen LogP contribution >= 0.6 is 11.8 Å². The molecule has 23 heavy (non-hydrogen) atoms. The van der Waals surface area contributed by atoms with Gasteiger partial charge in [-0.05, 0) is 23.4 Å². The van der Waals surface area contributed by atoms with Crippen LogP contribution in [0.4, 0.5) is 5.82 Å². The lowest BCUT2D eigenvalue weighted by molar-refractivity contribution is -0.116. The standard InChI is InChI=1S/C15H15N3O4S/c1-2-23-15-17-13-12(14(22)18-15)8(6-11(21)16-13)7-3-4-9(19)10(20)5-7/h3-5,8,19-20H,2,6H2,1H3,(H2,16,17,18,21,22)/t8-/m0/s1. The molecule has 1 aromatic carbocycles. The fraction of sp³-hybridized carbons (Fsp3) is 0.267. The predicted octanol–water partition coefficient (Wildman–Crippen LogP) is 1.77. The van der Waals surface area contributed by atoms with E-state index in [-0.39, 0.29) is 35.2 Å². The summed E-state index contributed by atoms with van der Waals surface area (Å²) in [5.41, 5.74) is 0.609. The number of fused-ring (bicyclic) bond motifs is 1. The van der Waals surface area contributed by atoms with Crippen LogP contribution in [0.3, 0.4) is 0 Å². The Bertz CT molecular complexity index is 834. The highest BCUT2D eigenvalue weighted by Crippen LogP contribution is 2.37. The molecule has 2 heterocycles. The van der Waals surface area contributed by atoms with Gasteiger partial charge in [-0.1, -0.05) is 24.8 Å². The lowest BCUT2D eigenvalue weighted by Crippen LogP contribution is -2.31. The van der Waals surface area contributed by atoms with Gasteiger partial charge in [-0.3, -0.25) is 9.59 Å². The molecule has 0 saturated carbocycles. The van der Waals surface area contributed by atoms with E-state index >= 15 is 0 Å². The molecule has 4 N–H and O–H groups in total. The van der Waals surface area contributed by atoms with Crippen molar-refractivity contribution in [1.82, 2.24) is 9.97 Å². The third-order valence-electron chi connectivity index (χ3n) is 3.61. The number of aromatic nitrogens is 2. The minimum atomic E-state index is -0.526. The number of thioether (sulfide) groups is 1. The maximum Gasteiger partial charge on any atom is 0.257 e. The van der Waals surface area contributed by atoms with Crippen LogP contribution in [0.1, 0.15) is 30.4 Å². The number of rotatable bonds is 3. The number of phenolic OH excluding ortho intramolecular Hbond substituents is 2. The molecule has 0 unspecified atom stereocenters. The number of nitrogens with zero attached hydrogens (tertiary/aromatic N) is 1. The Balaban J connectivity index is 2.13. The fourth-order valence-corrected chi connectivity index (χ4v) is 3.19. The van der Waals surface area contributed by atoms with E-state index in [0.29, 0.717) is 16.3 Å². The molecule has 1 aromatic heterocycles. The molecule has 2 aromatic rings. The zero-order valence-corrected chi connectivity index (χ0v) is 13.1. The number of carbonyl (C=O) groups is 1. The molecule has 0 bridgehead atoms. The molecule has 0 saturated heterocycles. The first-order chi connectivity index (χ1) is 11.0. The minimum absolute atomic E-state index is 0.0717. The summed E-state index contributed by atoms with van der Waals surface area (Å²) in [4.78, 5) is 31.4. The number of phenols is 2. The second kappa shape index (κ2) is 5.96. The average molecular weight is 333 g/mol. The summed E-state index contributed by atoms with van der Waals surface area (Å²) in [6.45, 7) is 1.94. The Morgan fingerprint density at radius 1 is 1.30 bits per heavy atom. The Morgan fingerprint density at radius 2 is 2.09 bits per heavy atom. The van der Waals surface area contributed by atoms with E-state index in [1.807, 2.05) is 6.92 Å². The average Bonchev–Trinajstić information content (AvgIpc) is 2.49. The van der Waals surface area contributed by atoms with E-state index in [9.17, 15) is 19.8 Å². The molecule has 0 fully saturated rings. The Hall–Kier alpha value is -2.48. The molecule has 7 nitrogen and oxygen atoms in total. The highest BCUT2D eigenvalue weighted by molar-refractivity contribution is 7.99. The zero-order valence-electron chi connectivity index (χ0n) is 12.3. The number of nitrogens with one attached hydrogen (secondary N) is 2. The van der Waals surface area contributed by atoms with Gasteiger partial charge in [0.15, 0.2) is 16.7 Å². The molecule has 0 aliphatic carbocycles. The molecule has 120 valence electrons. The van der Waals surface area contributed by atoms with E-state index in [2.05, 4.69) is 15.3 Å². The van der Waals surface area contributed by atoms with Crippen LogP contribution in [-0.2, 0) is 4.79 Å². The first kappa shape index (κ1) is 15.4. The first-order valence-electron chi connectivity index (χ1n) is 7.08. The molecular weight excluding hydrogens is 318 g/mol. The number of hydrogen-bond donors (Lipinski definition) is 4. The van der Waals surface area contributed by atoms with Gasteiger partial charge in [-0.2, -0.15) is 0 Å². The second-order valence-corrected chi connectivity index (χ2v) is 6.37. The van der Waals surface area contributed by atoms with E-state index < -0.39 is 5.92 Å². The molecule has 1 atom stereocenters. The predicted molar refractivity (Wildman–Crippen MR) is 86.1 cm³/mol. The van der Waals surface area contributed by atoms with Crippen molar-refractivity contribution in [3.63, 3.8) is 0 Å². The first-order valence-corrected chi connectivity index (χ1v) is 8.07. The summed E-state index contributed by atoms with van der Waals surface area (Å²) in [5.74, 6) is -0.333. The summed E-state index contributed by atoms with van der Waals surface area (Å²) in [6.07, 6.45) is 0.0717. The van der Waals surface area contributed by atoms with E-state index in [1.54, 1.807) is 6.07 Å². The highest BCUT2D eigenvalue weighted by atomic mass is 32.2. The van der Waals surface area contributed by atoms with Crippen molar-refractivity contribution < 1.29 is 15.0 Å². The molecule has 1 aliphatic heterocycles. The number of amides is 1. The van der Waals surface area contributed by atoms with Crippen LogP contribution in [0.25, 0.3) is 0 Å². The third kappa shape index (κ3) is 2.89. The quantitative estimate of drug-likeness (QED) is 0.386. The third-order valence-corrected chi connectivity index (χ3v) is 4.37. The van der Waals surface area contributed by atoms with Crippen molar-refractivity contribution in [1.29, 1.82) is 0 Å². The summed E-state index contributed by atoms with van der Waals surface area (Å²) >= 11 is 1.37. The molecule has 0 spiro atoms. The van der Waals surface area contributed by atoms with Gasteiger partial charge in [-0.15, -0.1) is 0 Å². The summed E-state index contributed by atoms with van der Waals surface area (Å²) in [7, 11) is 0. The van der Waals surface area contributed by atoms with Crippen molar-refractivity contribution in [2.75, 3.05) is 11.1 Å². The molecule has 8 heteroatoms. The van der Waals surface area contributed by atoms with Gasteiger partial charge in [0.2, 0.25) is 5.91 Å². The molecule has 1 amide bonds. The summed E-state index contributed by atoms with van der Waals surface area (Å²) in [6, 6.07) is 4.27. The van der Waals surface area contributed by atoms with Crippen molar-refractivity contribution in [3.05, 3.63) is 39.7 Å². The van der Waals surface area contributed by atoms with Crippen molar-refractivity contribution in [2.45, 2.75) is 24.4 Å². The summed E-state index contributed by atoms with van der Waals surface area (Å²) < 4.78 is 0. The van der Waals surface area contributed by atoms with Crippen molar-refractivity contribution in [3.8, 4) is 11.5 Å². The number of anilines is 1. The Labute approximate surface area is 135 Å². The molecule has 1 aliphatic rings. The largest absolute Gasteiger partial charge is 0.504 e. The zero-order chi connectivity index (χ0) is 16.6. The van der Waals surface area contributed by atoms with Gasteiger partial charge in [0.1, 0.15) is 5.82 Å². The minimum Gasteiger partial charge on any atom is -0.504 e. The van der Waals surface area contributed by atoms with Gasteiger partial charge >= 0.3 is 0 Å². The lowest BCUT2D eigenvalue weighted by Gasteiger charge is -2.24. The van der Waals surface area contributed by atoms with Gasteiger partial charge in [0.25, 0.3) is 5.56 Å². The maximum absolute atomic E-state index is 12.4. The van der Waals surface area contributed by atoms with Gasteiger partial charge in [0, 0.05) is 12.3 Å². The number of carbonyl (C=O) groups excluding carboxylic acids is 1. The van der Waals surface area contributed by atoms with E-state index in [1.165, 1.54) is 23.9 Å². The van der Waals surface area contributed by atoms with Crippen molar-refractivity contribution >= 4 is 23.5 Å². The molecule has 0 radical (unpaired) electrons. The normalized spacial score (nSPS) is 16.7. The maximum atomic E-state index is 12.4. The van der Waals surface area contributed by atoms with Crippen LogP contribution in [0.15, 0.2) is 28.2 Å². The Kier molecular flexibility index (Phi) is 3.99. The van der Waals surface area contributed by atoms with Crippen LogP contribution in [-0.4, -0.2) is 31.8 Å². The topological polar surface area (TPSA) is 115 Å². The number of H-pyrrole nitrogens is 1. The smallest absolute Gasteiger partial charge is 0.257 e. The van der Waals surface area contributed by atoms with Crippen LogP contribution in [0.5, 0.6) is 11.5 Å². The molecule has 3 rings (SSSR count). The van der Waals surface area contributed by atoms with Gasteiger partial charge in [0.05, 0.1) is 5.56 Å². The van der Waals surface area contributed by atoms with Crippen molar-refractivity contribution in [2.24, 2.45) is 0 Å². The van der Waals surface area contributed by atoms with E-state index in [4.69, 9.17) is 0 Å². The highest BCUT2D eigenvalue weighted by Gasteiger charge is 2.31. The number of aromatic amines is 1. The number of benzene rings is 1. The fourth-order valence-electron chi connectivity index (χ4n) is 2.60. The van der Waals surface area contributed by atoms with E-state index in [0.717, 1.165) is 5.75 Å². The van der Waals surface area contributed by atoms with Crippen LogP contribution in [0, 0.1) is 0 Å². The van der Waals surface area contributed by atoms with Crippen LogP contribution < -0.4 is 10.9 Å². The Morgan fingerprint density at radius 3 is 2.78 bits per heavy atom. The van der Waals surface area contributed by atoms with Crippen LogP contribution in [0.2, 0.25) is 0 Å². The lowest BCUT2D eigenvalue weighted by atomic mass is 9.86. The SMILES string of the molecule is CCSc1nc2c(c(=O)[nH]1)[C@H](c1ccc(O)c(O)c1)CC(=O)N2. The second-order valence-electron chi connectivity index (χ2n) is 5.12. The number of aromatic hydroxyl groups is 2. The monoisotopic (exact) mass is 333 g/mol. The van der Waals surface area contributed by atoms with Gasteiger partial charge < -0.3 is 20.5 Å². The molecular formula is C15H15N3O4S. The summed E-state index contributed by atoms with van der Waals surface area (Å²) in [5, 5.41) is 22.2.